The maximum atomic E-state index is 14.8. The van der Waals surface area contributed by atoms with E-state index in [0.29, 0.717) is 24.0 Å². The molecule has 0 heterocycles. The lowest BCUT2D eigenvalue weighted by Crippen LogP contribution is -2.42. The van der Waals surface area contributed by atoms with Crippen molar-refractivity contribution in [2.75, 3.05) is 0 Å². The highest BCUT2D eigenvalue weighted by molar-refractivity contribution is 6.30. The van der Waals surface area contributed by atoms with Crippen LogP contribution in [0.1, 0.15) is 53.1 Å². The van der Waals surface area contributed by atoms with Crippen LogP contribution < -0.4 is 14.8 Å². The van der Waals surface area contributed by atoms with Gasteiger partial charge in [0.15, 0.2) is 0 Å². The maximum Gasteiger partial charge on any atom is 0.573 e. The molecule has 2 aliphatic rings. The number of rotatable bonds is 9. The Hall–Kier alpha value is -3.01. The Morgan fingerprint density at radius 3 is 2.35 bits per heavy atom. The van der Waals surface area contributed by atoms with Crippen molar-refractivity contribution in [1.82, 2.24) is 5.32 Å². The Kier molecular flexibility index (Phi) is 6.62. The summed E-state index contributed by atoms with van der Waals surface area (Å²) in [5.41, 5.74) is 0.826. The Bertz CT molecular complexity index is 1120. The summed E-state index contributed by atoms with van der Waals surface area (Å²) in [6.45, 7) is -0.184. The van der Waals surface area contributed by atoms with E-state index in [1.54, 1.807) is 0 Å². The number of carboxylic acids is 1. The molecule has 4 rings (SSSR count). The van der Waals surface area contributed by atoms with Crippen LogP contribution in [0.2, 0.25) is 5.02 Å². The topological polar surface area (TPSA) is 84.9 Å². The van der Waals surface area contributed by atoms with E-state index in [2.05, 4.69) is 10.1 Å². The molecule has 6 nitrogen and oxygen atoms in total. The van der Waals surface area contributed by atoms with E-state index in [-0.39, 0.29) is 34.8 Å². The summed E-state index contributed by atoms with van der Waals surface area (Å²) in [7, 11) is 0. The number of halogens is 5. The Morgan fingerprint density at radius 1 is 1.09 bits per heavy atom. The third kappa shape index (κ3) is 6.11. The molecule has 0 aromatic heterocycles. The molecule has 2 aromatic carbocycles. The molecule has 2 saturated carbocycles. The molecule has 11 heteroatoms. The minimum Gasteiger partial charge on any atom is -0.489 e. The van der Waals surface area contributed by atoms with Crippen LogP contribution in [-0.2, 0) is 11.4 Å². The number of hydrogen-bond donors (Lipinski definition) is 2. The van der Waals surface area contributed by atoms with Gasteiger partial charge in [0.25, 0.3) is 5.91 Å². The summed E-state index contributed by atoms with van der Waals surface area (Å²) < 4.78 is 61.8. The predicted octanol–water partition coefficient (Wildman–Crippen LogP) is 5.43. The lowest BCUT2D eigenvalue weighted by Gasteiger charge is -2.17. The van der Waals surface area contributed by atoms with Crippen LogP contribution in [0.3, 0.4) is 0 Å². The van der Waals surface area contributed by atoms with Crippen molar-refractivity contribution >= 4 is 23.5 Å². The zero-order valence-electron chi connectivity index (χ0n) is 17.6. The number of carbonyl (C=O) groups excluding carboxylic acids is 1. The predicted molar refractivity (Wildman–Crippen MR) is 112 cm³/mol. The molecule has 2 fully saturated rings. The SMILES string of the molecule is O=C(N[C@@H](C(=O)O)C1CC1)c1cc(C2CC2)c(COc2cc(Cl)cc(OC(F)(F)F)c2)cc1F. The van der Waals surface area contributed by atoms with E-state index in [0.717, 1.165) is 31.0 Å². The number of carbonyl (C=O) groups is 2. The van der Waals surface area contributed by atoms with Crippen LogP contribution in [-0.4, -0.2) is 29.4 Å². The molecule has 34 heavy (non-hydrogen) atoms. The number of nitrogens with one attached hydrogen (secondary N) is 1. The molecular weight excluding hydrogens is 482 g/mol. The van der Waals surface area contributed by atoms with Crippen molar-refractivity contribution < 1.29 is 41.7 Å². The lowest BCUT2D eigenvalue weighted by molar-refractivity contribution is -0.274. The lowest BCUT2D eigenvalue weighted by atomic mass is 9.99. The normalized spacial score (nSPS) is 16.6. The van der Waals surface area contributed by atoms with Crippen LogP contribution in [0, 0.1) is 11.7 Å². The summed E-state index contributed by atoms with van der Waals surface area (Å²) >= 11 is 5.85. The molecule has 1 atom stereocenters. The van der Waals surface area contributed by atoms with E-state index in [9.17, 15) is 32.3 Å². The largest absolute Gasteiger partial charge is 0.573 e. The fourth-order valence-electron chi connectivity index (χ4n) is 3.71. The second-order valence-electron chi connectivity index (χ2n) is 8.39. The average molecular weight is 502 g/mol. The van der Waals surface area contributed by atoms with Gasteiger partial charge in [0.05, 0.1) is 5.56 Å². The maximum absolute atomic E-state index is 14.8. The number of benzene rings is 2. The smallest absolute Gasteiger partial charge is 0.489 e. The van der Waals surface area contributed by atoms with Crippen molar-refractivity contribution in [2.24, 2.45) is 5.92 Å². The molecule has 0 saturated heterocycles. The van der Waals surface area contributed by atoms with Gasteiger partial charge in [0, 0.05) is 11.1 Å². The summed E-state index contributed by atoms with van der Waals surface area (Å²) in [5, 5.41) is 11.7. The zero-order chi connectivity index (χ0) is 24.6. The fourth-order valence-corrected chi connectivity index (χ4v) is 3.92. The number of ether oxygens (including phenoxy) is 2. The van der Waals surface area contributed by atoms with Crippen molar-refractivity contribution in [3.8, 4) is 11.5 Å². The van der Waals surface area contributed by atoms with Gasteiger partial charge < -0.3 is 19.9 Å². The summed E-state index contributed by atoms with van der Waals surface area (Å²) in [5.74, 6) is -3.48. The van der Waals surface area contributed by atoms with Gasteiger partial charge in [0.2, 0.25) is 0 Å². The first-order chi connectivity index (χ1) is 16.0. The van der Waals surface area contributed by atoms with Crippen LogP contribution >= 0.6 is 11.6 Å². The zero-order valence-corrected chi connectivity index (χ0v) is 18.4. The van der Waals surface area contributed by atoms with Crippen molar-refractivity contribution in [3.05, 3.63) is 57.9 Å². The van der Waals surface area contributed by atoms with Crippen molar-refractivity contribution in [2.45, 2.75) is 50.6 Å². The van der Waals surface area contributed by atoms with E-state index < -0.39 is 35.8 Å². The van der Waals surface area contributed by atoms with E-state index in [4.69, 9.17) is 16.3 Å². The number of amides is 1. The molecule has 0 radical (unpaired) electrons. The van der Waals surface area contributed by atoms with E-state index >= 15 is 0 Å². The molecule has 2 aromatic rings. The minimum absolute atomic E-state index is 0.00976. The molecule has 0 bridgehead atoms. The highest BCUT2D eigenvalue weighted by Gasteiger charge is 2.38. The number of carboxylic acid groups (broad SMARTS) is 1. The molecule has 1 amide bonds. The first-order valence-electron chi connectivity index (χ1n) is 10.6. The first kappa shape index (κ1) is 24.1. The van der Waals surface area contributed by atoms with Gasteiger partial charge >= 0.3 is 12.3 Å². The molecule has 2 N–H and O–H groups in total. The second-order valence-corrected chi connectivity index (χ2v) is 8.83. The third-order valence-corrected chi connectivity index (χ3v) is 5.83. The number of hydrogen-bond acceptors (Lipinski definition) is 4. The first-order valence-corrected chi connectivity index (χ1v) is 10.9. The number of aliphatic carboxylic acids is 1. The standard InChI is InChI=1S/C23H20ClF4NO5/c24-14-6-15(8-16(7-14)34-23(26,27)28)33-10-13-5-19(25)18(9-17(13)11-1-2-11)21(30)29-20(22(31)32)12-3-4-12/h5-9,11-12,20H,1-4,10H2,(H,29,30)(H,31,32)/t20-/m1/s1. The fraction of sp³-hybridized carbons (Fsp3) is 0.391. The second kappa shape index (κ2) is 9.32. The van der Waals surface area contributed by atoms with Gasteiger partial charge in [-0.05, 0) is 72.9 Å². The van der Waals surface area contributed by atoms with Crippen LogP contribution in [0.5, 0.6) is 11.5 Å². The van der Waals surface area contributed by atoms with Crippen LogP contribution in [0.4, 0.5) is 17.6 Å². The van der Waals surface area contributed by atoms with Crippen molar-refractivity contribution in [3.63, 3.8) is 0 Å². The Labute approximate surface area is 196 Å². The highest BCUT2D eigenvalue weighted by atomic mass is 35.5. The number of alkyl halides is 3. The van der Waals surface area contributed by atoms with Crippen LogP contribution in [0.25, 0.3) is 0 Å². The molecule has 0 unspecified atom stereocenters. The van der Waals surface area contributed by atoms with Gasteiger partial charge in [-0.2, -0.15) is 0 Å². The summed E-state index contributed by atoms with van der Waals surface area (Å²) in [6.07, 6.45) is -1.90. The van der Waals surface area contributed by atoms with Gasteiger partial charge in [-0.25, -0.2) is 9.18 Å². The van der Waals surface area contributed by atoms with Gasteiger partial charge in [-0.1, -0.05) is 11.6 Å². The Balaban J connectivity index is 1.52. The van der Waals surface area contributed by atoms with Crippen LogP contribution in [0.15, 0.2) is 30.3 Å². The Morgan fingerprint density at radius 2 is 1.76 bits per heavy atom. The molecule has 2 aliphatic carbocycles. The third-order valence-electron chi connectivity index (χ3n) is 5.61. The molecule has 0 aliphatic heterocycles. The molecule has 0 spiro atoms. The summed E-state index contributed by atoms with van der Waals surface area (Å²) in [4.78, 5) is 24.0. The van der Waals surface area contributed by atoms with Gasteiger partial charge in [-0.15, -0.1) is 13.2 Å². The van der Waals surface area contributed by atoms with Gasteiger partial charge in [-0.3, -0.25) is 4.79 Å². The summed E-state index contributed by atoms with van der Waals surface area (Å²) in [6, 6.07) is 4.74. The van der Waals surface area contributed by atoms with E-state index in [1.165, 1.54) is 12.1 Å². The monoisotopic (exact) mass is 501 g/mol. The van der Waals surface area contributed by atoms with E-state index in [1.807, 2.05) is 0 Å². The van der Waals surface area contributed by atoms with Gasteiger partial charge in [0.1, 0.15) is 30.0 Å². The minimum atomic E-state index is -4.90. The molecular formula is C23H20ClF4NO5. The highest BCUT2D eigenvalue weighted by Crippen LogP contribution is 2.43. The average Bonchev–Trinajstić information content (AvgIpc) is 3.61. The van der Waals surface area contributed by atoms with Crippen molar-refractivity contribution in [1.29, 1.82) is 0 Å². The molecule has 182 valence electrons. The quantitative estimate of drug-likeness (QED) is 0.448.